The Balaban J connectivity index is 0.000000236. The van der Waals surface area contributed by atoms with E-state index in [-0.39, 0.29) is 11.1 Å². The summed E-state index contributed by atoms with van der Waals surface area (Å²) in [5.41, 5.74) is 0.833. The minimum atomic E-state index is -1.78. The van der Waals surface area contributed by atoms with Crippen LogP contribution in [0.4, 0.5) is 0 Å². The van der Waals surface area contributed by atoms with Gasteiger partial charge < -0.3 is 15.0 Å². The van der Waals surface area contributed by atoms with Gasteiger partial charge in [-0.2, -0.15) is 0 Å². The second-order valence-corrected chi connectivity index (χ2v) is 12.1. The van der Waals surface area contributed by atoms with Gasteiger partial charge in [0.1, 0.15) is 23.2 Å². The van der Waals surface area contributed by atoms with Crippen LogP contribution in [0.2, 0.25) is 0 Å². The standard InChI is InChI=1S/C25H22P.C8H6O4/c1-5-13-22(14-6-1)21-26(23-15-7-2-8-16-23,24-17-9-3-10-18-24)25-19-11-4-12-20-25;9-7(10)5-3-1-2-4-6(5)8(11)12/h1-20H,21H2;1-4H,(H,9,10)(H,11,12)/q+1;/p-1. The molecule has 5 heteroatoms. The smallest absolute Gasteiger partial charge is 0.336 e. The fourth-order valence-electron chi connectivity index (χ4n) is 4.47. The van der Waals surface area contributed by atoms with Crippen molar-refractivity contribution in [2.24, 2.45) is 0 Å². The van der Waals surface area contributed by atoms with Gasteiger partial charge in [0.2, 0.25) is 0 Å². The molecule has 0 spiro atoms. The Bertz CT molecular complexity index is 1340. The van der Waals surface area contributed by atoms with E-state index >= 15 is 0 Å². The van der Waals surface area contributed by atoms with E-state index in [2.05, 4.69) is 121 Å². The largest absolute Gasteiger partial charge is 0.545 e. The summed E-state index contributed by atoms with van der Waals surface area (Å²) in [6, 6.07) is 49.3. The lowest BCUT2D eigenvalue weighted by Gasteiger charge is -2.27. The van der Waals surface area contributed by atoms with E-state index in [4.69, 9.17) is 5.11 Å². The molecule has 0 radical (unpaired) electrons. The molecule has 0 amide bonds. The van der Waals surface area contributed by atoms with Gasteiger partial charge in [0, 0.05) is 5.56 Å². The highest BCUT2D eigenvalue weighted by atomic mass is 31.2. The highest BCUT2D eigenvalue weighted by Gasteiger charge is 2.45. The molecule has 0 unspecified atom stereocenters. The molecule has 0 aromatic heterocycles. The number of carbonyl (C=O) groups excluding carboxylic acids is 1. The number of carboxylic acid groups (broad SMARTS) is 2. The highest BCUT2D eigenvalue weighted by Crippen LogP contribution is 2.58. The van der Waals surface area contributed by atoms with Gasteiger partial charge in [-0.3, -0.25) is 0 Å². The minimum Gasteiger partial charge on any atom is -0.545 e. The first-order chi connectivity index (χ1) is 18.5. The van der Waals surface area contributed by atoms with Crippen LogP contribution in [-0.4, -0.2) is 17.0 Å². The van der Waals surface area contributed by atoms with Crippen molar-refractivity contribution < 1.29 is 19.8 Å². The first-order valence-electron chi connectivity index (χ1n) is 12.1. The molecule has 0 aliphatic heterocycles. The number of benzene rings is 5. The van der Waals surface area contributed by atoms with Gasteiger partial charge in [-0.05, 0) is 48.0 Å². The van der Waals surface area contributed by atoms with Crippen molar-refractivity contribution in [3.05, 3.63) is 162 Å². The normalized spacial score (nSPS) is 10.6. The maximum Gasteiger partial charge on any atom is 0.336 e. The monoisotopic (exact) mass is 518 g/mol. The lowest BCUT2D eigenvalue weighted by atomic mass is 10.1. The summed E-state index contributed by atoms with van der Waals surface area (Å²) in [5.74, 6) is -2.75. The third-order valence-corrected chi connectivity index (χ3v) is 10.6. The molecule has 188 valence electrons. The summed E-state index contributed by atoms with van der Waals surface area (Å²) < 4.78 is 0. The zero-order chi connectivity index (χ0) is 26.8. The predicted octanol–water partition coefficient (Wildman–Crippen LogP) is 4.93. The van der Waals surface area contributed by atoms with Gasteiger partial charge in [0.15, 0.2) is 0 Å². The summed E-state index contributed by atoms with van der Waals surface area (Å²) >= 11 is 0. The Morgan fingerprint density at radius 1 is 0.526 bits per heavy atom. The number of hydrogen-bond acceptors (Lipinski definition) is 3. The van der Waals surface area contributed by atoms with Gasteiger partial charge >= 0.3 is 5.97 Å². The van der Waals surface area contributed by atoms with Crippen molar-refractivity contribution >= 4 is 35.1 Å². The van der Waals surface area contributed by atoms with Crippen molar-refractivity contribution in [1.82, 2.24) is 0 Å². The number of aromatic carboxylic acids is 2. The first kappa shape index (κ1) is 26.5. The van der Waals surface area contributed by atoms with Crippen LogP contribution in [0.5, 0.6) is 0 Å². The number of carbonyl (C=O) groups is 2. The van der Waals surface area contributed by atoms with Crippen molar-refractivity contribution in [3.8, 4) is 0 Å². The molecule has 1 N–H and O–H groups in total. The van der Waals surface area contributed by atoms with E-state index < -0.39 is 19.2 Å². The van der Waals surface area contributed by atoms with Crippen LogP contribution in [-0.2, 0) is 6.16 Å². The van der Waals surface area contributed by atoms with Crippen LogP contribution >= 0.6 is 7.26 Å². The van der Waals surface area contributed by atoms with Gasteiger partial charge in [0.05, 0.1) is 17.7 Å². The van der Waals surface area contributed by atoms with Gasteiger partial charge in [0.25, 0.3) is 0 Å². The van der Waals surface area contributed by atoms with Crippen molar-refractivity contribution in [1.29, 1.82) is 0 Å². The number of hydrogen-bond donors (Lipinski definition) is 1. The zero-order valence-corrected chi connectivity index (χ0v) is 21.6. The molecular weight excluding hydrogens is 491 g/mol. The van der Waals surface area contributed by atoms with E-state index in [0.29, 0.717) is 0 Å². The number of carboxylic acids is 2. The van der Waals surface area contributed by atoms with Crippen molar-refractivity contribution in [2.75, 3.05) is 0 Å². The average Bonchev–Trinajstić information content (AvgIpc) is 2.98. The Hall–Kier alpha value is -4.53. The van der Waals surface area contributed by atoms with Crippen molar-refractivity contribution in [3.63, 3.8) is 0 Å². The van der Waals surface area contributed by atoms with E-state index in [9.17, 15) is 14.7 Å². The molecule has 0 fully saturated rings. The molecule has 5 rings (SSSR count). The van der Waals surface area contributed by atoms with Crippen LogP contribution < -0.4 is 21.0 Å². The molecule has 0 saturated heterocycles. The third kappa shape index (κ3) is 6.05. The molecule has 38 heavy (non-hydrogen) atoms. The summed E-state index contributed by atoms with van der Waals surface area (Å²) in [6.07, 6.45) is 1.03. The fourth-order valence-corrected chi connectivity index (χ4v) is 8.72. The van der Waals surface area contributed by atoms with Gasteiger partial charge in [-0.1, -0.05) is 103 Å². The summed E-state index contributed by atoms with van der Waals surface area (Å²) in [4.78, 5) is 20.8. The van der Waals surface area contributed by atoms with Crippen LogP contribution in [0.1, 0.15) is 26.3 Å². The topological polar surface area (TPSA) is 77.4 Å². The molecule has 0 heterocycles. The fraction of sp³-hybridized carbons (Fsp3) is 0.0303. The molecule has 0 aliphatic rings. The molecule has 5 aromatic rings. The SMILES string of the molecule is O=C([O-])c1ccccc1C(=O)O.c1ccc(C[P+](c2ccccc2)(c2ccccc2)c2ccccc2)cc1. The predicted molar refractivity (Wildman–Crippen MR) is 153 cm³/mol. The molecule has 0 bridgehead atoms. The maximum atomic E-state index is 10.4. The Morgan fingerprint density at radius 3 is 1.21 bits per heavy atom. The molecule has 4 nitrogen and oxygen atoms in total. The van der Waals surface area contributed by atoms with E-state index in [1.807, 2.05) is 0 Å². The summed E-state index contributed by atoms with van der Waals surface area (Å²) in [5, 5.41) is 23.2. The highest BCUT2D eigenvalue weighted by molar-refractivity contribution is 7.95. The molecule has 5 aromatic carbocycles. The Morgan fingerprint density at radius 2 is 0.868 bits per heavy atom. The summed E-state index contributed by atoms with van der Waals surface area (Å²) in [7, 11) is -1.78. The lowest BCUT2D eigenvalue weighted by molar-refractivity contribution is -0.255. The molecule has 0 saturated carbocycles. The van der Waals surface area contributed by atoms with E-state index in [1.54, 1.807) is 0 Å². The molecule has 0 aliphatic carbocycles. The van der Waals surface area contributed by atoms with Gasteiger partial charge in [-0.25, -0.2) is 4.79 Å². The quantitative estimate of drug-likeness (QED) is 0.310. The first-order valence-corrected chi connectivity index (χ1v) is 14.1. The summed E-state index contributed by atoms with van der Waals surface area (Å²) in [6.45, 7) is 0. The Labute approximate surface area is 223 Å². The second-order valence-electron chi connectivity index (χ2n) is 8.60. The number of rotatable bonds is 7. The van der Waals surface area contributed by atoms with Gasteiger partial charge in [-0.15, -0.1) is 0 Å². The molecular formula is C33H27O4P. The maximum absolute atomic E-state index is 10.4. The van der Waals surface area contributed by atoms with E-state index in [1.165, 1.54) is 45.7 Å². The van der Waals surface area contributed by atoms with E-state index in [0.717, 1.165) is 6.16 Å². The van der Waals surface area contributed by atoms with Crippen LogP contribution in [0.15, 0.2) is 146 Å². The van der Waals surface area contributed by atoms with Crippen LogP contribution in [0.25, 0.3) is 0 Å². The van der Waals surface area contributed by atoms with Crippen LogP contribution in [0, 0.1) is 0 Å². The molecule has 0 atom stereocenters. The average molecular weight is 519 g/mol. The Kier molecular flexibility index (Phi) is 8.81. The lowest BCUT2D eigenvalue weighted by Crippen LogP contribution is -2.32. The van der Waals surface area contributed by atoms with Crippen molar-refractivity contribution in [2.45, 2.75) is 6.16 Å². The van der Waals surface area contributed by atoms with Crippen LogP contribution in [0.3, 0.4) is 0 Å². The minimum absolute atomic E-state index is 0.252. The third-order valence-electron chi connectivity index (χ3n) is 6.23. The zero-order valence-electron chi connectivity index (χ0n) is 20.7. The second kappa shape index (κ2) is 12.6.